The van der Waals surface area contributed by atoms with Crippen LogP contribution < -0.4 is 5.73 Å². The van der Waals surface area contributed by atoms with Crippen LogP contribution in [-0.4, -0.2) is 27.7 Å². The summed E-state index contributed by atoms with van der Waals surface area (Å²) in [7, 11) is 0. The number of hydrogen-bond acceptors (Lipinski definition) is 3. The molecular formula is C7H13NO4. The van der Waals surface area contributed by atoms with Crippen LogP contribution in [0, 0.1) is 5.92 Å². The van der Waals surface area contributed by atoms with Gasteiger partial charge in [0.2, 0.25) is 0 Å². The highest BCUT2D eigenvalue weighted by atomic mass is 16.4. The number of hydrogen-bond donors (Lipinski definition) is 3. The minimum atomic E-state index is -1.47. The highest BCUT2D eigenvalue weighted by Gasteiger charge is 2.35. The van der Waals surface area contributed by atoms with Crippen LogP contribution in [-0.2, 0) is 9.59 Å². The van der Waals surface area contributed by atoms with Crippen LogP contribution >= 0.6 is 0 Å². The molecule has 0 aromatic carbocycles. The summed E-state index contributed by atoms with van der Waals surface area (Å²) < 4.78 is 0. The molecular weight excluding hydrogens is 162 g/mol. The largest absolute Gasteiger partial charge is 0.481 e. The maximum Gasteiger partial charge on any atom is 0.323 e. The lowest BCUT2D eigenvalue weighted by molar-refractivity contribution is -0.146. The van der Waals surface area contributed by atoms with Gasteiger partial charge in [0, 0.05) is 0 Å². The molecule has 12 heavy (non-hydrogen) atoms. The highest BCUT2D eigenvalue weighted by Crippen LogP contribution is 2.17. The van der Waals surface area contributed by atoms with E-state index in [4.69, 9.17) is 15.9 Å². The first-order valence-electron chi connectivity index (χ1n) is 3.52. The van der Waals surface area contributed by atoms with Crippen molar-refractivity contribution in [1.82, 2.24) is 0 Å². The third kappa shape index (κ3) is 2.50. The van der Waals surface area contributed by atoms with Crippen molar-refractivity contribution in [3.63, 3.8) is 0 Å². The van der Waals surface area contributed by atoms with Crippen LogP contribution in [0.4, 0.5) is 0 Å². The van der Waals surface area contributed by atoms with E-state index >= 15 is 0 Å². The molecule has 0 saturated heterocycles. The van der Waals surface area contributed by atoms with Gasteiger partial charge in [-0.05, 0) is 12.8 Å². The number of nitrogens with two attached hydrogens (primary N) is 1. The number of aliphatic carboxylic acids is 2. The van der Waals surface area contributed by atoms with Gasteiger partial charge in [-0.2, -0.15) is 0 Å². The lowest BCUT2D eigenvalue weighted by atomic mass is 9.86. The van der Waals surface area contributed by atoms with Crippen molar-refractivity contribution in [2.75, 3.05) is 0 Å². The molecule has 1 unspecified atom stereocenters. The second kappa shape index (κ2) is 3.53. The van der Waals surface area contributed by atoms with Crippen LogP contribution in [0.1, 0.15) is 20.3 Å². The van der Waals surface area contributed by atoms with E-state index < -0.39 is 23.4 Å². The Hall–Kier alpha value is -1.10. The van der Waals surface area contributed by atoms with E-state index in [1.807, 2.05) is 0 Å². The third-order valence-corrected chi connectivity index (χ3v) is 1.97. The first-order chi connectivity index (χ1) is 5.28. The Kier molecular flexibility index (Phi) is 3.21. The van der Waals surface area contributed by atoms with Gasteiger partial charge < -0.3 is 15.9 Å². The first-order valence-corrected chi connectivity index (χ1v) is 3.52. The summed E-state index contributed by atoms with van der Waals surface area (Å²) in [4.78, 5) is 20.8. The molecule has 0 aromatic rings. The summed E-state index contributed by atoms with van der Waals surface area (Å²) in [6, 6.07) is 0. The predicted octanol–water partition coefficient (Wildman–Crippen LogP) is -0.101. The number of carboxylic acid groups (broad SMARTS) is 2. The summed E-state index contributed by atoms with van der Waals surface area (Å²) in [5.41, 5.74) is 3.91. The van der Waals surface area contributed by atoms with Crippen LogP contribution in [0.25, 0.3) is 0 Å². The van der Waals surface area contributed by atoms with Gasteiger partial charge in [0.05, 0.1) is 6.42 Å². The van der Waals surface area contributed by atoms with Crippen LogP contribution in [0.5, 0.6) is 0 Å². The molecule has 5 heteroatoms. The van der Waals surface area contributed by atoms with E-state index in [0.717, 1.165) is 0 Å². The lowest BCUT2D eigenvalue weighted by Crippen LogP contribution is -2.51. The number of rotatable bonds is 4. The molecule has 0 aliphatic carbocycles. The normalized spacial score (nSPS) is 17.9. The molecule has 0 fully saturated rings. The van der Waals surface area contributed by atoms with Crippen molar-refractivity contribution in [2.24, 2.45) is 11.7 Å². The van der Waals surface area contributed by atoms with Crippen LogP contribution in [0.3, 0.4) is 0 Å². The second-order valence-corrected chi connectivity index (χ2v) is 3.09. The Morgan fingerprint density at radius 3 is 2.17 bits per heavy atom. The molecule has 0 amide bonds. The maximum atomic E-state index is 10.5. The zero-order valence-electron chi connectivity index (χ0n) is 7.07. The molecule has 0 bridgehead atoms. The zero-order chi connectivity index (χ0) is 9.94. The van der Waals surface area contributed by atoms with Gasteiger partial charge in [0.15, 0.2) is 0 Å². The Morgan fingerprint density at radius 2 is 1.92 bits per heavy atom. The van der Waals surface area contributed by atoms with Gasteiger partial charge in [-0.3, -0.25) is 9.59 Å². The minimum absolute atomic E-state index is 0.237. The fraction of sp³-hybridized carbons (Fsp3) is 0.714. The Bertz CT molecular complexity index is 200. The van der Waals surface area contributed by atoms with Crippen molar-refractivity contribution in [3.8, 4) is 0 Å². The molecule has 70 valence electrons. The lowest BCUT2D eigenvalue weighted by Gasteiger charge is -2.25. The Labute approximate surface area is 70.2 Å². The molecule has 5 nitrogen and oxygen atoms in total. The molecule has 0 radical (unpaired) electrons. The monoisotopic (exact) mass is 175 g/mol. The van der Waals surface area contributed by atoms with E-state index in [9.17, 15) is 9.59 Å². The topological polar surface area (TPSA) is 101 Å². The molecule has 0 spiro atoms. The van der Waals surface area contributed by atoms with Gasteiger partial charge >= 0.3 is 11.9 Å². The van der Waals surface area contributed by atoms with Crippen molar-refractivity contribution in [2.45, 2.75) is 25.8 Å². The molecule has 0 aliphatic rings. The van der Waals surface area contributed by atoms with Gasteiger partial charge in [-0.25, -0.2) is 0 Å². The molecule has 4 N–H and O–H groups in total. The Morgan fingerprint density at radius 1 is 1.50 bits per heavy atom. The number of carbonyl (C=O) groups is 2. The van der Waals surface area contributed by atoms with Gasteiger partial charge in [-0.1, -0.05) is 6.92 Å². The summed E-state index contributed by atoms with van der Waals surface area (Å²) in [5, 5.41) is 17.0. The third-order valence-electron chi connectivity index (χ3n) is 1.97. The fourth-order valence-corrected chi connectivity index (χ4v) is 0.685. The molecule has 0 heterocycles. The van der Waals surface area contributed by atoms with Crippen molar-refractivity contribution in [3.05, 3.63) is 0 Å². The van der Waals surface area contributed by atoms with Crippen molar-refractivity contribution in [1.29, 1.82) is 0 Å². The predicted molar refractivity (Wildman–Crippen MR) is 41.6 cm³/mol. The van der Waals surface area contributed by atoms with E-state index in [1.54, 1.807) is 0 Å². The summed E-state index contributed by atoms with van der Waals surface area (Å²) in [6.07, 6.45) is -0.237. The molecule has 0 aliphatic heterocycles. The van der Waals surface area contributed by atoms with Gasteiger partial charge in [-0.15, -0.1) is 0 Å². The summed E-state index contributed by atoms with van der Waals surface area (Å²) in [5.74, 6) is -2.82. The second-order valence-electron chi connectivity index (χ2n) is 3.09. The van der Waals surface area contributed by atoms with Crippen LogP contribution in [0.15, 0.2) is 0 Å². The van der Waals surface area contributed by atoms with Gasteiger partial charge in [0.1, 0.15) is 5.54 Å². The van der Waals surface area contributed by atoms with Gasteiger partial charge in [0.25, 0.3) is 0 Å². The molecule has 0 saturated carbocycles. The first kappa shape index (κ1) is 10.9. The summed E-state index contributed by atoms with van der Waals surface area (Å²) in [6.45, 7) is 2.81. The van der Waals surface area contributed by atoms with Crippen LogP contribution in [0.2, 0.25) is 0 Å². The van der Waals surface area contributed by atoms with E-state index in [2.05, 4.69) is 0 Å². The summed E-state index contributed by atoms with van der Waals surface area (Å²) >= 11 is 0. The smallest absolute Gasteiger partial charge is 0.323 e. The quantitative estimate of drug-likeness (QED) is 0.553. The standard InChI is InChI=1S/C7H13NO4/c1-4(3-5(9)10)7(2,8)6(11)12/h4H,3,8H2,1-2H3,(H,9,10)(H,11,12)/t4?,7-/m1/s1. The van der Waals surface area contributed by atoms with Crippen molar-refractivity contribution < 1.29 is 19.8 Å². The number of carboxylic acids is 2. The molecule has 2 atom stereocenters. The van der Waals surface area contributed by atoms with E-state index in [0.29, 0.717) is 0 Å². The van der Waals surface area contributed by atoms with E-state index in [1.165, 1.54) is 13.8 Å². The minimum Gasteiger partial charge on any atom is -0.481 e. The maximum absolute atomic E-state index is 10.5. The average molecular weight is 175 g/mol. The highest BCUT2D eigenvalue weighted by molar-refractivity contribution is 5.79. The molecule has 0 aromatic heterocycles. The SMILES string of the molecule is CC(CC(=O)O)[C@@](C)(N)C(=O)O. The van der Waals surface area contributed by atoms with Crippen molar-refractivity contribution >= 4 is 11.9 Å². The fourth-order valence-electron chi connectivity index (χ4n) is 0.685. The zero-order valence-corrected chi connectivity index (χ0v) is 7.07. The molecule has 0 rings (SSSR count). The van der Waals surface area contributed by atoms with E-state index in [-0.39, 0.29) is 6.42 Å². The average Bonchev–Trinajstić information content (AvgIpc) is 1.85. The Balaban J connectivity index is 4.35.